The van der Waals surface area contributed by atoms with Gasteiger partial charge in [0.25, 0.3) is 15.9 Å². The normalized spacial score (nSPS) is 12.4. The molecule has 1 aliphatic heterocycles. The molecule has 0 aliphatic carbocycles. The van der Waals surface area contributed by atoms with Gasteiger partial charge in [-0.3, -0.25) is 9.10 Å². The molecule has 0 saturated heterocycles. The van der Waals surface area contributed by atoms with Crippen molar-refractivity contribution < 1.29 is 32.2 Å². The van der Waals surface area contributed by atoms with Crippen LogP contribution in [-0.4, -0.2) is 48.1 Å². The van der Waals surface area contributed by atoms with E-state index in [0.717, 1.165) is 9.87 Å². The Hall–Kier alpha value is -3.77. The second-order valence-corrected chi connectivity index (χ2v) is 10.6. The van der Waals surface area contributed by atoms with Gasteiger partial charge in [-0.1, -0.05) is 17.7 Å². The fourth-order valence-electron chi connectivity index (χ4n) is 3.50. The van der Waals surface area contributed by atoms with Crippen molar-refractivity contribution in [2.75, 3.05) is 31.9 Å². The quantitative estimate of drug-likeness (QED) is 0.297. The number of nitrogens with zero attached hydrogens (tertiary/aromatic N) is 2. The van der Waals surface area contributed by atoms with Gasteiger partial charge in [-0.2, -0.15) is 5.10 Å². The average Bonchev–Trinajstić information content (AvgIpc) is 3.34. The smallest absolute Gasteiger partial charge is 0.264 e. The van der Waals surface area contributed by atoms with E-state index in [4.69, 9.17) is 18.9 Å². The van der Waals surface area contributed by atoms with Gasteiger partial charge in [-0.05, 0) is 59.3 Å². The van der Waals surface area contributed by atoms with E-state index in [1.165, 1.54) is 38.6 Å². The molecule has 3 aromatic carbocycles. The molecule has 1 N–H and O–H groups in total. The number of fused-ring (bicyclic) bond motifs is 1. The summed E-state index contributed by atoms with van der Waals surface area (Å²) in [6, 6.07) is 14.5. The zero-order valence-electron chi connectivity index (χ0n) is 20.2. The molecule has 0 atom stereocenters. The Morgan fingerprint density at radius 1 is 1.08 bits per heavy atom. The predicted molar refractivity (Wildman–Crippen MR) is 141 cm³/mol. The van der Waals surface area contributed by atoms with Gasteiger partial charge in [0.05, 0.1) is 31.0 Å². The van der Waals surface area contributed by atoms with Crippen LogP contribution >= 0.6 is 15.9 Å². The molecule has 0 radical (unpaired) electrons. The van der Waals surface area contributed by atoms with Crippen LogP contribution in [0.15, 0.2) is 69.1 Å². The van der Waals surface area contributed by atoms with Crippen LogP contribution in [0.1, 0.15) is 11.1 Å². The third kappa shape index (κ3) is 5.81. The highest BCUT2D eigenvalue weighted by atomic mass is 79.9. The number of hydrogen-bond donors (Lipinski definition) is 1. The van der Waals surface area contributed by atoms with Gasteiger partial charge in [0.1, 0.15) is 18.0 Å². The zero-order valence-corrected chi connectivity index (χ0v) is 22.6. The molecule has 3 aromatic rings. The molecule has 0 bridgehead atoms. The van der Waals surface area contributed by atoms with Gasteiger partial charge in [-0.25, -0.2) is 13.8 Å². The van der Waals surface area contributed by atoms with Crippen molar-refractivity contribution in [2.24, 2.45) is 5.10 Å². The predicted octanol–water partition coefficient (Wildman–Crippen LogP) is 3.85. The molecule has 37 heavy (non-hydrogen) atoms. The summed E-state index contributed by atoms with van der Waals surface area (Å²) in [4.78, 5) is 12.9. The van der Waals surface area contributed by atoms with Crippen LogP contribution in [0.4, 0.5) is 5.69 Å². The second-order valence-electron chi connectivity index (χ2n) is 7.88. The summed E-state index contributed by atoms with van der Waals surface area (Å²) >= 11 is 3.42. The van der Waals surface area contributed by atoms with Crippen LogP contribution in [0, 0.1) is 6.92 Å². The third-order valence-corrected chi connectivity index (χ3v) is 7.90. The lowest BCUT2D eigenvalue weighted by Gasteiger charge is -2.25. The molecular weight excluding hydrogens is 566 g/mol. The summed E-state index contributed by atoms with van der Waals surface area (Å²) in [5, 5.41) is 3.99. The minimum atomic E-state index is -4.17. The van der Waals surface area contributed by atoms with E-state index >= 15 is 0 Å². The van der Waals surface area contributed by atoms with Crippen molar-refractivity contribution in [1.82, 2.24) is 5.43 Å². The maximum Gasteiger partial charge on any atom is 0.264 e. The lowest BCUT2D eigenvalue weighted by atomic mass is 10.2. The number of methoxy groups -OCH3 is 2. The number of hydrazone groups is 1. The first-order valence-corrected chi connectivity index (χ1v) is 13.2. The minimum absolute atomic E-state index is 0.0172. The Morgan fingerprint density at radius 2 is 1.78 bits per heavy atom. The highest BCUT2D eigenvalue weighted by Crippen LogP contribution is 2.37. The Labute approximate surface area is 223 Å². The number of sulfonamides is 1. The lowest BCUT2D eigenvalue weighted by molar-refractivity contribution is -0.119. The molecular formula is C25H24BrN3O7S. The van der Waals surface area contributed by atoms with E-state index in [1.807, 2.05) is 6.92 Å². The Bertz CT molecular complexity index is 1440. The molecule has 0 unspecified atom stereocenters. The van der Waals surface area contributed by atoms with Crippen molar-refractivity contribution in [1.29, 1.82) is 0 Å². The standard InChI is InChI=1S/C25H24BrN3O7S/c1-16-4-7-19(8-5-16)37(31,32)29(21-11-18(33-2)6-9-22(21)34-3)14-25(30)28-27-13-17-10-23-24(12-20(17)26)36-15-35-23/h4-13H,14-15H2,1-3H3,(H,28,30)/b27-13-. The molecule has 1 heterocycles. The molecule has 1 aliphatic rings. The van der Waals surface area contributed by atoms with Crippen molar-refractivity contribution in [3.8, 4) is 23.0 Å². The average molecular weight is 590 g/mol. The molecule has 0 aromatic heterocycles. The van der Waals surface area contributed by atoms with Gasteiger partial charge < -0.3 is 18.9 Å². The number of hydrogen-bond acceptors (Lipinski definition) is 8. The first kappa shape index (κ1) is 26.3. The Kier molecular flexibility index (Phi) is 7.89. The third-order valence-electron chi connectivity index (χ3n) is 5.44. The lowest BCUT2D eigenvalue weighted by Crippen LogP contribution is -2.39. The van der Waals surface area contributed by atoms with E-state index in [9.17, 15) is 13.2 Å². The largest absolute Gasteiger partial charge is 0.497 e. The number of halogens is 1. The number of rotatable bonds is 9. The van der Waals surface area contributed by atoms with Crippen molar-refractivity contribution in [2.45, 2.75) is 11.8 Å². The highest BCUT2D eigenvalue weighted by Gasteiger charge is 2.30. The van der Waals surface area contributed by atoms with Crippen LogP contribution in [0.25, 0.3) is 0 Å². The van der Waals surface area contributed by atoms with E-state index in [1.54, 1.807) is 36.4 Å². The first-order valence-electron chi connectivity index (χ1n) is 11.0. The van der Waals surface area contributed by atoms with Gasteiger partial charge >= 0.3 is 0 Å². The monoisotopic (exact) mass is 589 g/mol. The second kappa shape index (κ2) is 11.1. The first-order chi connectivity index (χ1) is 17.7. The van der Waals surface area contributed by atoms with Crippen LogP contribution in [0.5, 0.6) is 23.0 Å². The van der Waals surface area contributed by atoms with E-state index in [-0.39, 0.29) is 23.1 Å². The van der Waals surface area contributed by atoms with E-state index in [0.29, 0.717) is 27.3 Å². The van der Waals surface area contributed by atoms with Crippen molar-refractivity contribution >= 4 is 43.8 Å². The number of carbonyl (C=O) groups excluding carboxylic acids is 1. The van der Waals surface area contributed by atoms with Gasteiger partial charge in [-0.15, -0.1) is 0 Å². The summed E-state index contributed by atoms with van der Waals surface area (Å²) in [6.45, 7) is 1.40. The number of anilines is 1. The van der Waals surface area contributed by atoms with Gasteiger partial charge in [0.2, 0.25) is 6.79 Å². The Balaban J connectivity index is 1.62. The summed E-state index contributed by atoms with van der Waals surface area (Å²) in [5.41, 5.74) is 4.05. The Morgan fingerprint density at radius 3 is 2.46 bits per heavy atom. The summed E-state index contributed by atoms with van der Waals surface area (Å²) in [5.74, 6) is 1.12. The molecule has 1 amide bonds. The molecule has 194 valence electrons. The van der Waals surface area contributed by atoms with E-state index < -0.39 is 22.5 Å². The molecule has 4 rings (SSSR count). The number of ether oxygens (including phenoxy) is 4. The topological polar surface area (TPSA) is 116 Å². The molecule has 12 heteroatoms. The maximum atomic E-state index is 13.7. The molecule has 0 fully saturated rings. The van der Waals surface area contributed by atoms with Gasteiger partial charge in [0, 0.05) is 16.1 Å². The van der Waals surface area contributed by atoms with Crippen molar-refractivity contribution in [3.63, 3.8) is 0 Å². The number of benzene rings is 3. The summed E-state index contributed by atoms with van der Waals surface area (Å²) in [6.07, 6.45) is 1.41. The van der Waals surface area contributed by atoms with Crippen molar-refractivity contribution in [3.05, 3.63) is 70.2 Å². The van der Waals surface area contributed by atoms with Crippen LogP contribution < -0.4 is 28.7 Å². The number of carbonyl (C=O) groups is 1. The number of nitrogens with one attached hydrogen (secondary N) is 1. The summed E-state index contributed by atoms with van der Waals surface area (Å²) < 4.78 is 50.3. The van der Waals surface area contributed by atoms with Crippen LogP contribution in [-0.2, 0) is 14.8 Å². The van der Waals surface area contributed by atoms with Crippen LogP contribution in [0.2, 0.25) is 0 Å². The van der Waals surface area contributed by atoms with E-state index in [2.05, 4.69) is 26.5 Å². The molecule has 0 spiro atoms. The number of aryl methyl sites for hydroxylation is 1. The molecule has 0 saturated carbocycles. The van der Waals surface area contributed by atoms with Gasteiger partial charge in [0.15, 0.2) is 11.5 Å². The SMILES string of the molecule is COc1ccc(OC)c(N(CC(=O)N/N=C\c2cc3c(cc2Br)OCO3)S(=O)(=O)c2ccc(C)cc2)c1. The zero-order chi connectivity index (χ0) is 26.6. The summed E-state index contributed by atoms with van der Waals surface area (Å²) in [7, 11) is -1.30. The van der Waals surface area contributed by atoms with Crippen LogP contribution in [0.3, 0.4) is 0 Å². The maximum absolute atomic E-state index is 13.7. The number of amides is 1. The molecule has 10 nitrogen and oxygen atoms in total. The minimum Gasteiger partial charge on any atom is -0.497 e. The fraction of sp³-hybridized carbons (Fsp3) is 0.200. The highest BCUT2D eigenvalue weighted by molar-refractivity contribution is 9.10. The fourth-order valence-corrected chi connectivity index (χ4v) is 5.35.